The predicted octanol–water partition coefficient (Wildman–Crippen LogP) is 3.62. The van der Waals surface area contributed by atoms with Crippen LogP contribution in [0.15, 0.2) is 36.4 Å². The third-order valence-corrected chi connectivity index (χ3v) is 3.07. The van der Waals surface area contributed by atoms with Crippen molar-refractivity contribution in [3.8, 4) is 5.75 Å². The van der Waals surface area contributed by atoms with Gasteiger partial charge >= 0.3 is 6.18 Å². The number of carbonyl (C=O) groups is 1. The number of nitrogens with one attached hydrogen (secondary N) is 1. The molecule has 0 spiro atoms. The normalized spacial score (nSPS) is 11.6. The highest BCUT2D eigenvalue weighted by molar-refractivity contribution is 6.03. The molecule has 0 unspecified atom stereocenters. The van der Waals surface area contributed by atoms with Crippen LogP contribution in [0.2, 0.25) is 0 Å². The first-order chi connectivity index (χ1) is 9.88. The Bertz CT molecular complexity index is 653. The maximum Gasteiger partial charge on any atom is 0.389 e. The summed E-state index contributed by atoms with van der Waals surface area (Å²) in [5.41, 5.74) is 0.0562. The van der Waals surface area contributed by atoms with E-state index in [1.54, 1.807) is 30.3 Å². The molecule has 6 heteroatoms. The van der Waals surface area contributed by atoms with E-state index < -0.39 is 18.5 Å². The average molecular weight is 297 g/mol. The van der Waals surface area contributed by atoms with Gasteiger partial charge in [-0.05, 0) is 17.9 Å². The van der Waals surface area contributed by atoms with E-state index in [1.807, 2.05) is 0 Å². The summed E-state index contributed by atoms with van der Waals surface area (Å²) in [7, 11) is 0. The SMILES string of the molecule is O=C(NCCCC(F)(F)F)c1ccc2ccccc2c1O. The van der Waals surface area contributed by atoms with E-state index in [2.05, 4.69) is 5.32 Å². The molecule has 0 saturated heterocycles. The molecule has 2 N–H and O–H groups in total. The van der Waals surface area contributed by atoms with Crippen molar-refractivity contribution in [1.82, 2.24) is 5.32 Å². The zero-order chi connectivity index (χ0) is 15.5. The van der Waals surface area contributed by atoms with Gasteiger partial charge in [-0.2, -0.15) is 13.2 Å². The third-order valence-electron chi connectivity index (χ3n) is 3.07. The van der Waals surface area contributed by atoms with Gasteiger partial charge in [-0.1, -0.05) is 30.3 Å². The Kier molecular flexibility index (Phi) is 4.35. The molecular weight excluding hydrogens is 283 g/mol. The summed E-state index contributed by atoms with van der Waals surface area (Å²) < 4.78 is 36.0. The summed E-state index contributed by atoms with van der Waals surface area (Å²) in [5, 5.41) is 13.8. The minimum Gasteiger partial charge on any atom is -0.506 e. The highest BCUT2D eigenvalue weighted by Crippen LogP contribution is 2.28. The molecule has 1 amide bonds. The molecule has 0 fully saturated rings. The lowest BCUT2D eigenvalue weighted by atomic mass is 10.0. The molecule has 0 aromatic heterocycles. The van der Waals surface area contributed by atoms with Crippen molar-refractivity contribution in [3.63, 3.8) is 0 Å². The Hall–Kier alpha value is -2.24. The zero-order valence-electron chi connectivity index (χ0n) is 11.1. The van der Waals surface area contributed by atoms with Crippen LogP contribution < -0.4 is 5.32 Å². The van der Waals surface area contributed by atoms with Gasteiger partial charge < -0.3 is 10.4 Å². The minimum atomic E-state index is -4.23. The smallest absolute Gasteiger partial charge is 0.389 e. The highest BCUT2D eigenvalue weighted by atomic mass is 19.4. The van der Waals surface area contributed by atoms with Gasteiger partial charge in [0, 0.05) is 18.4 Å². The second-order valence-electron chi connectivity index (χ2n) is 4.66. The first-order valence-corrected chi connectivity index (χ1v) is 6.44. The van der Waals surface area contributed by atoms with Crippen LogP contribution >= 0.6 is 0 Å². The van der Waals surface area contributed by atoms with Crippen LogP contribution in [-0.4, -0.2) is 23.7 Å². The Labute approximate surface area is 119 Å². The summed E-state index contributed by atoms with van der Waals surface area (Å²) in [6.07, 6.45) is -5.36. The van der Waals surface area contributed by atoms with E-state index in [0.29, 0.717) is 5.39 Å². The van der Waals surface area contributed by atoms with Crippen molar-refractivity contribution >= 4 is 16.7 Å². The Morgan fingerprint density at radius 2 is 1.86 bits per heavy atom. The number of benzene rings is 2. The highest BCUT2D eigenvalue weighted by Gasteiger charge is 2.26. The first-order valence-electron chi connectivity index (χ1n) is 6.44. The number of rotatable bonds is 4. The number of fused-ring (bicyclic) bond motifs is 1. The number of alkyl halides is 3. The summed E-state index contributed by atoms with van der Waals surface area (Å²) in [4.78, 5) is 11.9. The van der Waals surface area contributed by atoms with Crippen LogP contribution in [0, 0.1) is 0 Å². The number of carbonyl (C=O) groups excluding carboxylic acids is 1. The number of amides is 1. The summed E-state index contributed by atoms with van der Waals surface area (Å²) >= 11 is 0. The monoisotopic (exact) mass is 297 g/mol. The van der Waals surface area contributed by atoms with Crippen molar-refractivity contribution in [2.45, 2.75) is 19.0 Å². The molecule has 0 bridgehead atoms. The molecule has 21 heavy (non-hydrogen) atoms. The Morgan fingerprint density at radius 3 is 2.57 bits per heavy atom. The number of aromatic hydroxyl groups is 1. The van der Waals surface area contributed by atoms with Gasteiger partial charge in [-0.25, -0.2) is 0 Å². The molecule has 0 heterocycles. The fourth-order valence-corrected chi connectivity index (χ4v) is 2.02. The van der Waals surface area contributed by atoms with Gasteiger partial charge in [-0.3, -0.25) is 4.79 Å². The summed E-state index contributed by atoms with van der Waals surface area (Å²) in [6.45, 7) is -0.0926. The summed E-state index contributed by atoms with van der Waals surface area (Å²) in [6, 6.07) is 10.1. The van der Waals surface area contributed by atoms with E-state index in [0.717, 1.165) is 5.39 Å². The molecule has 2 aromatic rings. The second kappa shape index (κ2) is 6.03. The fraction of sp³-hybridized carbons (Fsp3) is 0.267. The molecule has 0 atom stereocenters. The van der Waals surface area contributed by atoms with Gasteiger partial charge in [0.05, 0.1) is 5.56 Å². The van der Waals surface area contributed by atoms with E-state index in [4.69, 9.17) is 0 Å². The number of phenols is 1. The Balaban J connectivity index is 2.04. The third kappa shape index (κ3) is 3.87. The van der Waals surface area contributed by atoms with Crippen molar-refractivity contribution in [1.29, 1.82) is 0 Å². The van der Waals surface area contributed by atoms with Gasteiger partial charge in [-0.15, -0.1) is 0 Å². The number of phenolic OH excluding ortho intramolecular Hbond substituents is 1. The lowest BCUT2D eigenvalue weighted by Crippen LogP contribution is -2.25. The zero-order valence-corrected chi connectivity index (χ0v) is 11.1. The molecular formula is C15H14F3NO2. The van der Waals surface area contributed by atoms with Crippen LogP contribution in [0.5, 0.6) is 5.75 Å². The first kappa shape index (κ1) is 15.2. The average Bonchev–Trinajstić information content (AvgIpc) is 2.43. The fourth-order valence-electron chi connectivity index (χ4n) is 2.02. The molecule has 0 saturated carbocycles. The molecule has 2 rings (SSSR count). The maximum absolute atomic E-state index is 12.0. The number of hydrogen-bond acceptors (Lipinski definition) is 2. The van der Waals surface area contributed by atoms with Crippen molar-refractivity contribution in [2.75, 3.05) is 6.54 Å². The maximum atomic E-state index is 12.0. The molecule has 0 aliphatic carbocycles. The molecule has 0 aliphatic heterocycles. The van der Waals surface area contributed by atoms with Crippen molar-refractivity contribution < 1.29 is 23.1 Å². The van der Waals surface area contributed by atoms with Crippen LogP contribution in [0.1, 0.15) is 23.2 Å². The summed E-state index contributed by atoms with van der Waals surface area (Å²) in [5.74, 6) is -0.748. The number of hydrogen-bond donors (Lipinski definition) is 2. The Morgan fingerprint density at radius 1 is 1.14 bits per heavy atom. The van der Waals surface area contributed by atoms with Gasteiger partial charge in [0.25, 0.3) is 5.91 Å². The van der Waals surface area contributed by atoms with Gasteiger partial charge in [0.15, 0.2) is 0 Å². The second-order valence-corrected chi connectivity index (χ2v) is 4.66. The molecule has 0 aliphatic rings. The molecule has 112 valence electrons. The van der Waals surface area contributed by atoms with E-state index in [-0.39, 0.29) is 24.3 Å². The van der Waals surface area contributed by atoms with Crippen LogP contribution in [0.3, 0.4) is 0 Å². The topological polar surface area (TPSA) is 49.3 Å². The van der Waals surface area contributed by atoms with Crippen molar-refractivity contribution in [2.24, 2.45) is 0 Å². The van der Waals surface area contributed by atoms with E-state index in [9.17, 15) is 23.1 Å². The minimum absolute atomic E-state index is 0.0562. The largest absolute Gasteiger partial charge is 0.506 e. The van der Waals surface area contributed by atoms with Gasteiger partial charge in [0.2, 0.25) is 0 Å². The van der Waals surface area contributed by atoms with E-state index in [1.165, 1.54) is 6.07 Å². The van der Waals surface area contributed by atoms with Crippen LogP contribution in [0.4, 0.5) is 13.2 Å². The van der Waals surface area contributed by atoms with Crippen LogP contribution in [-0.2, 0) is 0 Å². The molecule has 2 aromatic carbocycles. The number of halogens is 3. The predicted molar refractivity (Wildman–Crippen MR) is 73.2 cm³/mol. The molecule has 0 radical (unpaired) electrons. The van der Waals surface area contributed by atoms with Crippen molar-refractivity contribution in [3.05, 3.63) is 42.0 Å². The van der Waals surface area contributed by atoms with E-state index >= 15 is 0 Å². The molecule has 3 nitrogen and oxygen atoms in total. The standard InChI is InChI=1S/C15H14F3NO2/c16-15(17,18)8-3-9-19-14(21)12-7-6-10-4-1-2-5-11(10)13(12)20/h1-2,4-7,20H,3,8-9H2,(H,19,21). The van der Waals surface area contributed by atoms with Crippen LogP contribution in [0.25, 0.3) is 10.8 Å². The lowest BCUT2D eigenvalue weighted by molar-refractivity contribution is -0.135. The lowest BCUT2D eigenvalue weighted by Gasteiger charge is -2.10. The van der Waals surface area contributed by atoms with Gasteiger partial charge in [0.1, 0.15) is 5.75 Å². The quantitative estimate of drug-likeness (QED) is 0.847.